The zero-order valence-electron chi connectivity index (χ0n) is 16.4. The Morgan fingerprint density at radius 3 is 2.42 bits per heavy atom. The molecule has 1 aliphatic carbocycles. The SMILES string of the molecule is Cc1nn(C)c(C)c1NC(=O)CSc1nc(C)c(C)n1C1CCCCC1. The number of hydrogen-bond donors (Lipinski definition) is 1. The number of carbonyl (C=O) groups is 1. The van der Waals surface area contributed by atoms with Crippen molar-refractivity contribution in [2.45, 2.75) is 71.0 Å². The summed E-state index contributed by atoms with van der Waals surface area (Å²) in [7, 11) is 1.89. The lowest BCUT2D eigenvalue weighted by molar-refractivity contribution is -0.113. The molecule has 0 spiro atoms. The lowest BCUT2D eigenvalue weighted by Gasteiger charge is -2.26. The van der Waals surface area contributed by atoms with Crippen LogP contribution in [0.1, 0.15) is 60.9 Å². The van der Waals surface area contributed by atoms with E-state index in [1.165, 1.54) is 49.6 Å². The molecule has 1 amide bonds. The Balaban J connectivity index is 1.69. The number of rotatable bonds is 5. The quantitative estimate of drug-likeness (QED) is 0.800. The summed E-state index contributed by atoms with van der Waals surface area (Å²) in [6.07, 6.45) is 6.32. The molecule has 26 heavy (non-hydrogen) atoms. The monoisotopic (exact) mass is 375 g/mol. The molecule has 7 heteroatoms. The lowest BCUT2D eigenvalue weighted by atomic mass is 9.95. The zero-order chi connectivity index (χ0) is 18.8. The van der Waals surface area contributed by atoms with E-state index in [0.717, 1.165) is 27.9 Å². The number of amides is 1. The second-order valence-corrected chi connectivity index (χ2v) is 8.18. The molecule has 0 aliphatic heterocycles. The number of hydrogen-bond acceptors (Lipinski definition) is 4. The van der Waals surface area contributed by atoms with Crippen LogP contribution in [-0.4, -0.2) is 31.0 Å². The number of thioether (sulfide) groups is 1. The van der Waals surface area contributed by atoms with Gasteiger partial charge in [-0.3, -0.25) is 9.48 Å². The van der Waals surface area contributed by atoms with Crippen LogP contribution in [0.4, 0.5) is 5.69 Å². The van der Waals surface area contributed by atoms with Crippen LogP contribution in [0.15, 0.2) is 5.16 Å². The summed E-state index contributed by atoms with van der Waals surface area (Å²) < 4.78 is 4.16. The number of carbonyl (C=O) groups excluding carboxylic acids is 1. The van der Waals surface area contributed by atoms with Gasteiger partial charge in [0.05, 0.1) is 28.5 Å². The molecular weight excluding hydrogens is 346 g/mol. The maximum atomic E-state index is 12.5. The molecule has 142 valence electrons. The van der Waals surface area contributed by atoms with Crippen molar-refractivity contribution < 1.29 is 4.79 Å². The van der Waals surface area contributed by atoms with Crippen molar-refractivity contribution in [1.82, 2.24) is 19.3 Å². The summed E-state index contributed by atoms with van der Waals surface area (Å²) >= 11 is 1.53. The van der Waals surface area contributed by atoms with Gasteiger partial charge in [0, 0.05) is 18.8 Å². The van der Waals surface area contributed by atoms with Crippen LogP contribution in [-0.2, 0) is 11.8 Å². The molecule has 6 nitrogen and oxygen atoms in total. The normalized spacial score (nSPS) is 15.4. The van der Waals surface area contributed by atoms with E-state index < -0.39 is 0 Å². The third-order valence-corrected chi connectivity index (χ3v) is 6.35. The molecule has 2 heterocycles. The molecule has 1 aliphatic rings. The molecule has 3 rings (SSSR count). The highest BCUT2D eigenvalue weighted by molar-refractivity contribution is 7.99. The van der Waals surface area contributed by atoms with Crippen molar-refractivity contribution in [2.24, 2.45) is 7.05 Å². The first-order valence-electron chi connectivity index (χ1n) is 9.36. The molecule has 1 fully saturated rings. The minimum Gasteiger partial charge on any atom is -0.322 e. The van der Waals surface area contributed by atoms with Gasteiger partial charge in [0.25, 0.3) is 0 Å². The third kappa shape index (κ3) is 3.82. The highest BCUT2D eigenvalue weighted by Gasteiger charge is 2.22. The average Bonchev–Trinajstić information content (AvgIpc) is 3.04. The molecule has 0 bridgehead atoms. The average molecular weight is 376 g/mol. The largest absolute Gasteiger partial charge is 0.322 e. The van der Waals surface area contributed by atoms with E-state index in [0.29, 0.717) is 11.8 Å². The minimum atomic E-state index is -0.0114. The van der Waals surface area contributed by atoms with Crippen molar-refractivity contribution in [3.05, 3.63) is 22.8 Å². The van der Waals surface area contributed by atoms with Crippen molar-refractivity contribution in [2.75, 3.05) is 11.1 Å². The molecule has 2 aromatic heterocycles. The van der Waals surface area contributed by atoms with Gasteiger partial charge < -0.3 is 9.88 Å². The molecule has 0 aromatic carbocycles. The summed E-state index contributed by atoms with van der Waals surface area (Å²) in [5.41, 5.74) is 4.94. The fourth-order valence-corrected chi connectivity index (χ4v) is 4.69. The summed E-state index contributed by atoms with van der Waals surface area (Å²) in [5.74, 6) is 0.346. The summed E-state index contributed by atoms with van der Waals surface area (Å²) in [6, 6.07) is 0.526. The number of aromatic nitrogens is 4. The minimum absolute atomic E-state index is 0.0114. The van der Waals surface area contributed by atoms with E-state index in [1.807, 2.05) is 20.9 Å². The number of anilines is 1. The van der Waals surface area contributed by atoms with E-state index in [9.17, 15) is 4.79 Å². The summed E-state index contributed by atoms with van der Waals surface area (Å²) in [5, 5.41) is 8.33. The Morgan fingerprint density at radius 1 is 1.12 bits per heavy atom. The van der Waals surface area contributed by atoms with Gasteiger partial charge in [-0.05, 0) is 40.5 Å². The van der Waals surface area contributed by atoms with Gasteiger partial charge in [-0.25, -0.2) is 4.98 Å². The Kier molecular flexibility index (Phi) is 5.75. The molecule has 0 unspecified atom stereocenters. The van der Waals surface area contributed by atoms with Gasteiger partial charge in [-0.2, -0.15) is 5.10 Å². The van der Waals surface area contributed by atoms with Crippen LogP contribution >= 0.6 is 11.8 Å². The fraction of sp³-hybridized carbons (Fsp3) is 0.632. The summed E-state index contributed by atoms with van der Waals surface area (Å²) in [4.78, 5) is 17.2. The van der Waals surface area contributed by atoms with Crippen molar-refractivity contribution >= 4 is 23.4 Å². The molecule has 1 N–H and O–H groups in total. The zero-order valence-corrected chi connectivity index (χ0v) is 17.2. The van der Waals surface area contributed by atoms with Crippen LogP contribution in [0.2, 0.25) is 0 Å². The predicted octanol–water partition coefficient (Wildman–Crippen LogP) is 4.09. The Bertz CT molecular complexity index is 801. The topological polar surface area (TPSA) is 64.7 Å². The molecule has 0 radical (unpaired) electrons. The summed E-state index contributed by atoms with van der Waals surface area (Å²) in [6.45, 7) is 8.08. The number of aryl methyl sites for hydroxylation is 3. The standard InChI is InChI=1S/C19H29N5OS/c1-12-14(3)24(16-9-7-6-8-10-16)19(20-12)26-11-17(25)21-18-13(2)22-23(5)15(18)4/h16H,6-11H2,1-5H3,(H,21,25). The molecular formula is C19H29N5OS. The van der Waals surface area contributed by atoms with Crippen LogP contribution in [0, 0.1) is 27.7 Å². The van der Waals surface area contributed by atoms with Gasteiger partial charge in [0.1, 0.15) is 0 Å². The van der Waals surface area contributed by atoms with E-state index in [4.69, 9.17) is 4.98 Å². The second-order valence-electron chi connectivity index (χ2n) is 7.23. The second kappa shape index (κ2) is 7.86. The number of nitrogens with one attached hydrogen (secondary N) is 1. The van der Waals surface area contributed by atoms with E-state index in [2.05, 4.69) is 28.8 Å². The van der Waals surface area contributed by atoms with Gasteiger partial charge in [0.2, 0.25) is 5.91 Å². The van der Waals surface area contributed by atoms with Gasteiger partial charge in [-0.15, -0.1) is 0 Å². The highest BCUT2D eigenvalue weighted by atomic mass is 32.2. The number of imidazole rings is 1. The predicted molar refractivity (Wildman–Crippen MR) is 106 cm³/mol. The van der Waals surface area contributed by atoms with Crippen molar-refractivity contribution in [3.63, 3.8) is 0 Å². The maximum absolute atomic E-state index is 12.5. The Labute approximate surface area is 159 Å². The van der Waals surface area contributed by atoms with Crippen LogP contribution in [0.5, 0.6) is 0 Å². The lowest BCUT2D eigenvalue weighted by Crippen LogP contribution is -2.18. The Hall–Kier alpha value is -1.76. The highest BCUT2D eigenvalue weighted by Crippen LogP contribution is 2.34. The van der Waals surface area contributed by atoms with Gasteiger partial charge >= 0.3 is 0 Å². The van der Waals surface area contributed by atoms with Gasteiger partial charge in [-0.1, -0.05) is 31.0 Å². The third-order valence-electron chi connectivity index (χ3n) is 5.40. The van der Waals surface area contributed by atoms with Gasteiger partial charge in [0.15, 0.2) is 5.16 Å². The van der Waals surface area contributed by atoms with E-state index in [1.54, 1.807) is 4.68 Å². The first-order valence-corrected chi connectivity index (χ1v) is 10.3. The van der Waals surface area contributed by atoms with Crippen LogP contribution in [0.25, 0.3) is 0 Å². The Morgan fingerprint density at radius 2 is 1.81 bits per heavy atom. The molecule has 0 saturated heterocycles. The first kappa shape index (κ1) is 19.0. The van der Waals surface area contributed by atoms with Crippen molar-refractivity contribution in [3.8, 4) is 0 Å². The molecule has 0 atom stereocenters. The van der Waals surface area contributed by atoms with Crippen LogP contribution in [0.3, 0.4) is 0 Å². The number of nitrogens with zero attached hydrogens (tertiary/aromatic N) is 4. The maximum Gasteiger partial charge on any atom is 0.234 e. The van der Waals surface area contributed by atoms with Crippen LogP contribution < -0.4 is 5.32 Å². The molecule has 2 aromatic rings. The van der Waals surface area contributed by atoms with Crippen molar-refractivity contribution in [1.29, 1.82) is 0 Å². The fourth-order valence-electron chi connectivity index (χ4n) is 3.73. The molecule has 1 saturated carbocycles. The van der Waals surface area contributed by atoms with E-state index >= 15 is 0 Å². The van der Waals surface area contributed by atoms with E-state index in [-0.39, 0.29) is 5.91 Å². The smallest absolute Gasteiger partial charge is 0.234 e. The first-order chi connectivity index (χ1) is 12.4.